The van der Waals surface area contributed by atoms with E-state index in [-0.39, 0.29) is 5.41 Å². The van der Waals surface area contributed by atoms with Crippen molar-refractivity contribution in [2.24, 2.45) is 0 Å². The van der Waals surface area contributed by atoms with Gasteiger partial charge in [-0.25, -0.2) is 0 Å². The fourth-order valence-electron chi connectivity index (χ4n) is 9.22. The van der Waals surface area contributed by atoms with E-state index in [1.54, 1.807) is 0 Å². The van der Waals surface area contributed by atoms with Gasteiger partial charge in [-0.15, -0.1) is 0 Å². The number of furan rings is 1. The number of anilines is 6. The maximum Gasteiger partial charge on any atom is 0.137 e. The lowest BCUT2D eigenvalue weighted by molar-refractivity contribution is 0.660. The molecule has 0 aliphatic heterocycles. The van der Waals surface area contributed by atoms with Gasteiger partial charge < -0.3 is 14.2 Å². The fourth-order valence-corrected chi connectivity index (χ4v) is 9.22. The van der Waals surface area contributed by atoms with Crippen molar-refractivity contribution in [2.45, 2.75) is 19.3 Å². The molecule has 286 valence electrons. The topological polar surface area (TPSA) is 19.6 Å². The van der Waals surface area contributed by atoms with Crippen molar-refractivity contribution in [3.8, 4) is 33.4 Å². The molecule has 0 spiro atoms. The van der Waals surface area contributed by atoms with Gasteiger partial charge in [-0.2, -0.15) is 0 Å². The minimum atomic E-state index is -0.0775. The zero-order valence-corrected chi connectivity index (χ0v) is 33.6. The Kier molecular flexibility index (Phi) is 8.49. The van der Waals surface area contributed by atoms with Crippen LogP contribution < -0.4 is 9.80 Å². The van der Waals surface area contributed by atoms with E-state index in [0.29, 0.717) is 0 Å². The molecule has 0 N–H and O–H groups in total. The summed E-state index contributed by atoms with van der Waals surface area (Å²) in [7, 11) is 0. The second-order valence-electron chi connectivity index (χ2n) is 16.2. The molecule has 0 unspecified atom stereocenters. The summed E-state index contributed by atoms with van der Waals surface area (Å²) in [5, 5.41) is 2.25. The van der Waals surface area contributed by atoms with Crippen molar-refractivity contribution in [3.05, 3.63) is 230 Å². The van der Waals surface area contributed by atoms with Crippen LogP contribution in [0.2, 0.25) is 0 Å². The molecule has 0 atom stereocenters. The summed E-state index contributed by atoms with van der Waals surface area (Å²) >= 11 is 0. The summed E-state index contributed by atoms with van der Waals surface area (Å²) in [6, 6.07) is 78.5. The summed E-state index contributed by atoms with van der Waals surface area (Å²) < 4.78 is 6.30. The molecular formula is C57H42N2O. The van der Waals surface area contributed by atoms with Gasteiger partial charge in [0, 0.05) is 56.4 Å². The highest BCUT2D eigenvalue weighted by Gasteiger charge is 2.35. The molecule has 0 saturated heterocycles. The Bertz CT molecular complexity index is 3160. The quantitative estimate of drug-likeness (QED) is 0.153. The van der Waals surface area contributed by atoms with Crippen molar-refractivity contribution in [3.63, 3.8) is 0 Å². The smallest absolute Gasteiger partial charge is 0.137 e. The highest BCUT2D eigenvalue weighted by atomic mass is 16.3. The van der Waals surface area contributed by atoms with Crippen LogP contribution in [0.25, 0.3) is 55.3 Å². The lowest BCUT2D eigenvalue weighted by Gasteiger charge is -2.28. The van der Waals surface area contributed by atoms with Crippen LogP contribution in [0.3, 0.4) is 0 Å². The molecule has 3 nitrogen and oxygen atoms in total. The third kappa shape index (κ3) is 6.06. The van der Waals surface area contributed by atoms with Crippen LogP contribution in [0, 0.1) is 0 Å². The van der Waals surface area contributed by atoms with E-state index in [1.807, 2.05) is 12.1 Å². The zero-order valence-electron chi connectivity index (χ0n) is 33.6. The van der Waals surface area contributed by atoms with E-state index < -0.39 is 0 Å². The summed E-state index contributed by atoms with van der Waals surface area (Å²) in [5.41, 5.74) is 18.4. The van der Waals surface area contributed by atoms with Gasteiger partial charge in [-0.3, -0.25) is 0 Å². The van der Waals surface area contributed by atoms with Crippen molar-refractivity contribution in [1.82, 2.24) is 0 Å². The van der Waals surface area contributed by atoms with Gasteiger partial charge in [0.25, 0.3) is 0 Å². The molecule has 1 aromatic heterocycles. The lowest BCUT2D eigenvalue weighted by Crippen LogP contribution is -2.16. The number of hydrogen-bond acceptors (Lipinski definition) is 3. The number of para-hydroxylation sites is 3. The van der Waals surface area contributed by atoms with Crippen molar-refractivity contribution >= 4 is 56.1 Å². The minimum Gasteiger partial charge on any atom is -0.456 e. The zero-order chi connectivity index (χ0) is 40.2. The van der Waals surface area contributed by atoms with Gasteiger partial charge in [0.1, 0.15) is 11.2 Å². The molecule has 0 amide bonds. The Morgan fingerprint density at radius 3 is 1.45 bits per heavy atom. The molecular weight excluding hydrogens is 729 g/mol. The fraction of sp³-hybridized carbons (Fsp3) is 0.0526. The average molecular weight is 771 g/mol. The van der Waals surface area contributed by atoms with Gasteiger partial charge in [0.15, 0.2) is 0 Å². The molecule has 1 aliphatic carbocycles. The van der Waals surface area contributed by atoms with Gasteiger partial charge >= 0.3 is 0 Å². The van der Waals surface area contributed by atoms with Gasteiger partial charge in [-0.1, -0.05) is 141 Å². The van der Waals surface area contributed by atoms with Crippen LogP contribution in [0.1, 0.15) is 25.0 Å². The number of fused-ring (bicyclic) bond motifs is 6. The summed E-state index contributed by atoms with van der Waals surface area (Å²) in [4.78, 5) is 4.66. The SMILES string of the molecule is CC1(C)c2ccccc2-c2ccc(N(c3ccccc3)c3ccc(-c4cccc(-c5ccc(N(c6ccccc6)c6ccc7c(c6)oc6ccccc67)cc5)c4)cc3)cc21. The second-order valence-corrected chi connectivity index (χ2v) is 16.2. The molecule has 3 heteroatoms. The summed E-state index contributed by atoms with van der Waals surface area (Å²) in [5.74, 6) is 0. The molecule has 0 saturated carbocycles. The first-order valence-corrected chi connectivity index (χ1v) is 20.7. The van der Waals surface area contributed by atoms with Crippen LogP contribution in [0.15, 0.2) is 223 Å². The van der Waals surface area contributed by atoms with E-state index in [1.165, 1.54) is 38.9 Å². The first kappa shape index (κ1) is 35.5. The highest BCUT2D eigenvalue weighted by Crippen LogP contribution is 2.50. The number of rotatable bonds is 8. The predicted molar refractivity (Wildman–Crippen MR) is 252 cm³/mol. The minimum absolute atomic E-state index is 0.0775. The molecule has 0 radical (unpaired) electrons. The molecule has 0 bridgehead atoms. The van der Waals surface area contributed by atoms with Gasteiger partial charge in [-0.05, 0) is 129 Å². The maximum absolute atomic E-state index is 6.30. The largest absolute Gasteiger partial charge is 0.456 e. The first-order valence-electron chi connectivity index (χ1n) is 20.7. The van der Waals surface area contributed by atoms with Crippen LogP contribution in [-0.4, -0.2) is 0 Å². The Morgan fingerprint density at radius 2 is 0.800 bits per heavy atom. The Balaban J connectivity index is 0.898. The number of nitrogens with zero attached hydrogens (tertiary/aromatic N) is 2. The van der Waals surface area contributed by atoms with Gasteiger partial charge in [0.2, 0.25) is 0 Å². The normalized spacial score (nSPS) is 12.6. The third-order valence-corrected chi connectivity index (χ3v) is 12.3. The monoisotopic (exact) mass is 770 g/mol. The number of hydrogen-bond donors (Lipinski definition) is 0. The molecule has 0 fully saturated rings. The van der Waals surface area contributed by atoms with Crippen molar-refractivity contribution in [1.29, 1.82) is 0 Å². The Morgan fingerprint density at radius 1 is 0.317 bits per heavy atom. The standard InChI is InChI=1S/C57H42N2O/c1-57(2)53-22-11-9-20-49(53)50-34-32-47(37-54(50)57)58(43-16-5-3-6-17-43)45-28-24-39(25-29-45)41-14-13-15-42(36-41)40-26-30-46(31-27-40)59(44-18-7-4-8-19-44)48-33-35-52-51-21-10-12-23-55(51)60-56(52)38-48/h3-38H,1-2H3. The predicted octanol–water partition coefficient (Wildman–Crippen LogP) is 16.2. The van der Waals surface area contributed by atoms with E-state index in [0.717, 1.165) is 61.6 Å². The van der Waals surface area contributed by atoms with Crippen LogP contribution in [0.5, 0.6) is 0 Å². The van der Waals surface area contributed by atoms with Gasteiger partial charge in [0.05, 0.1) is 0 Å². The van der Waals surface area contributed by atoms with Crippen molar-refractivity contribution < 1.29 is 4.42 Å². The first-order chi connectivity index (χ1) is 29.5. The molecule has 9 aromatic carbocycles. The summed E-state index contributed by atoms with van der Waals surface area (Å²) in [6.45, 7) is 4.69. The van der Waals surface area contributed by atoms with Crippen LogP contribution in [0.4, 0.5) is 34.1 Å². The van der Waals surface area contributed by atoms with Crippen molar-refractivity contribution in [2.75, 3.05) is 9.80 Å². The lowest BCUT2D eigenvalue weighted by atomic mass is 9.82. The number of benzene rings is 9. The van der Waals surface area contributed by atoms with Crippen LogP contribution in [-0.2, 0) is 5.41 Å². The third-order valence-electron chi connectivity index (χ3n) is 12.3. The van der Waals surface area contributed by atoms with E-state index in [4.69, 9.17) is 4.42 Å². The Labute approximate surface area is 351 Å². The van der Waals surface area contributed by atoms with E-state index >= 15 is 0 Å². The molecule has 10 aromatic rings. The highest BCUT2D eigenvalue weighted by molar-refractivity contribution is 6.06. The molecule has 60 heavy (non-hydrogen) atoms. The van der Waals surface area contributed by atoms with E-state index in [2.05, 4.69) is 230 Å². The molecule has 1 heterocycles. The van der Waals surface area contributed by atoms with E-state index in [9.17, 15) is 0 Å². The van der Waals surface area contributed by atoms with Crippen LogP contribution >= 0.6 is 0 Å². The average Bonchev–Trinajstić information content (AvgIpc) is 3.79. The second kappa shape index (κ2) is 14.3. The summed E-state index contributed by atoms with van der Waals surface area (Å²) in [6.07, 6.45) is 0. The molecule has 11 rings (SSSR count). The maximum atomic E-state index is 6.30. The molecule has 1 aliphatic rings. The Hall–Kier alpha value is -7.62.